The van der Waals surface area contributed by atoms with Crippen molar-refractivity contribution in [3.05, 3.63) is 46.2 Å². The van der Waals surface area contributed by atoms with Crippen LogP contribution in [0.15, 0.2) is 36.4 Å². The number of hydrogen-bond donors (Lipinski definition) is 2. The predicted molar refractivity (Wildman–Crippen MR) is 136 cm³/mol. The first kappa shape index (κ1) is 23.4. The largest absolute Gasteiger partial charge is 0.385 e. The molecule has 1 fully saturated rings. The van der Waals surface area contributed by atoms with E-state index in [0.29, 0.717) is 12.0 Å². The maximum absolute atomic E-state index is 12.7. The van der Waals surface area contributed by atoms with Gasteiger partial charge < -0.3 is 20.3 Å². The predicted octanol–water partition coefficient (Wildman–Crippen LogP) is 4.49. The van der Waals surface area contributed by atoms with Gasteiger partial charge in [-0.25, -0.2) is 4.98 Å². The van der Waals surface area contributed by atoms with Crippen LogP contribution < -0.4 is 15.5 Å². The molecule has 0 spiro atoms. The minimum atomic E-state index is 0.0443. The first-order chi connectivity index (χ1) is 16.0. The van der Waals surface area contributed by atoms with Gasteiger partial charge >= 0.3 is 0 Å². The van der Waals surface area contributed by atoms with Gasteiger partial charge in [-0.1, -0.05) is 12.1 Å². The summed E-state index contributed by atoms with van der Waals surface area (Å²) in [6, 6.07) is 12.6. The fourth-order valence-electron chi connectivity index (χ4n) is 4.31. The number of aryl methyl sites for hydroxylation is 1. The Labute approximate surface area is 199 Å². The Hall–Kier alpha value is -2.71. The zero-order valence-electron chi connectivity index (χ0n) is 19.6. The van der Waals surface area contributed by atoms with Crippen molar-refractivity contribution in [1.29, 1.82) is 0 Å². The topological polar surface area (TPSA) is 79.4 Å². The van der Waals surface area contributed by atoms with Crippen LogP contribution in [0.1, 0.15) is 46.7 Å². The van der Waals surface area contributed by atoms with Gasteiger partial charge in [0.1, 0.15) is 5.82 Å². The molecule has 1 aliphatic rings. The number of aromatic nitrogens is 2. The molecule has 7 nitrogen and oxygen atoms in total. The lowest BCUT2D eigenvalue weighted by molar-refractivity contribution is 0.0930. The lowest BCUT2D eigenvalue weighted by atomic mass is 9.91. The molecule has 8 heteroatoms. The summed E-state index contributed by atoms with van der Waals surface area (Å²) in [6.07, 6.45) is 5.78. The molecule has 0 unspecified atom stereocenters. The number of methoxy groups -OCH3 is 1. The molecule has 2 aromatic heterocycles. The number of para-hydroxylation sites is 1. The molecule has 0 bridgehead atoms. The molecule has 0 saturated heterocycles. The molecule has 0 aliphatic heterocycles. The number of ether oxygens (including phenoxy) is 1. The zero-order valence-corrected chi connectivity index (χ0v) is 20.5. The van der Waals surface area contributed by atoms with Gasteiger partial charge in [0, 0.05) is 50.2 Å². The minimum Gasteiger partial charge on any atom is -0.385 e. The summed E-state index contributed by atoms with van der Waals surface area (Å²) in [5.74, 6) is 1.63. The number of thiophene rings is 1. The van der Waals surface area contributed by atoms with Crippen molar-refractivity contribution in [2.45, 2.75) is 50.6 Å². The Morgan fingerprint density at radius 1 is 1.09 bits per heavy atom. The smallest absolute Gasteiger partial charge is 0.261 e. The van der Waals surface area contributed by atoms with E-state index in [1.807, 2.05) is 43.3 Å². The van der Waals surface area contributed by atoms with Crippen LogP contribution in [0.2, 0.25) is 0 Å². The average molecular weight is 468 g/mol. The lowest BCUT2D eigenvalue weighted by Crippen LogP contribution is -2.40. The van der Waals surface area contributed by atoms with Crippen molar-refractivity contribution >= 4 is 39.9 Å². The Morgan fingerprint density at radius 2 is 1.85 bits per heavy atom. The van der Waals surface area contributed by atoms with Gasteiger partial charge in [-0.2, -0.15) is 4.98 Å². The lowest BCUT2D eigenvalue weighted by Gasteiger charge is -2.29. The van der Waals surface area contributed by atoms with E-state index in [4.69, 9.17) is 14.7 Å². The minimum absolute atomic E-state index is 0.0443. The van der Waals surface area contributed by atoms with E-state index in [2.05, 4.69) is 22.8 Å². The van der Waals surface area contributed by atoms with Crippen molar-refractivity contribution in [2.75, 3.05) is 38.0 Å². The molecule has 33 heavy (non-hydrogen) atoms. The fraction of sp³-hybridized carbons (Fsp3) is 0.480. The Balaban J connectivity index is 1.30. The van der Waals surface area contributed by atoms with Gasteiger partial charge in [-0.05, 0) is 62.8 Å². The summed E-state index contributed by atoms with van der Waals surface area (Å²) < 4.78 is 5.11. The summed E-state index contributed by atoms with van der Waals surface area (Å²) in [5, 5.41) is 7.81. The molecule has 0 atom stereocenters. The van der Waals surface area contributed by atoms with Crippen LogP contribution in [0.3, 0.4) is 0 Å². The first-order valence-electron chi connectivity index (χ1n) is 11.6. The van der Waals surface area contributed by atoms with E-state index in [9.17, 15) is 4.79 Å². The number of anilines is 2. The molecular weight excluding hydrogens is 434 g/mol. The van der Waals surface area contributed by atoms with E-state index in [1.165, 1.54) is 4.88 Å². The molecule has 4 rings (SSSR count). The normalized spacial score (nSPS) is 18.3. The quantitative estimate of drug-likeness (QED) is 0.452. The number of hydrogen-bond acceptors (Lipinski definition) is 7. The molecule has 3 aromatic rings. The number of rotatable bonds is 9. The highest BCUT2D eigenvalue weighted by molar-refractivity contribution is 7.14. The Bertz CT molecular complexity index is 1080. The average Bonchev–Trinajstić information content (AvgIpc) is 3.29. The van der Waals surface area contributed by atoms with Gasteiger partial charge in [-0.15, -0.1) is 11.3 Å². The summed E-state index contributed by atoms with van der Waals surface area (Å²) in [4.78, 5) is 26.2. The number of carbonyl (C=O) groups excluding carboxylic acids is 1. The second-order valence-electron chi connectivity index (χ2n) is 8.81. The number of fused-ring (bicyclic) bond motifs is 1. The Kier molecular flexibility index (Phi) is 7.77. The Morgan fingerprint density at radius 3 is 2.61 bits per heavy atom. The van der Waals surface area contributed by atoms with Crippen molar-refractivity contribution in [2.24, 2.45) is 0 Å². The van der Waals surface area contributed by atoms with Crippen LogP contribution >= 0.6 is 11.3 Å². The molecule has 1 amide bonds. The maximum Gasteiger partial charge on any atom is 0.261 e. The molecule has 0 radical (unpaired) electrons. The highest BCUT2D eigenvalue weighted by Crippen LogP contribution is 2.27. The van der Waals surface area contributed by atoms with E-state index in [-0.39, 0.29) is 11.9 Å². The summed E-state index contributed by atoms with van der Waals surface area (Å²) in [7, 11) is 5.72. The van der Waals surface area contributed by atoms with Crippen LogP contribution in [0, 0.1) is 0 Å². The molecule has 1 saturated carbocycles. The molecular formula is C25H33N5O2S. The van der Waals surface area contributed by atoms with Crippen LogP contribution in [0.4, 0.5) is 11.8 Å². The zero-order chi connectivity index (χ0) is 23.2. The van der Waals surface area contributed by atoms with Crippen LogP contribution in [-0.2, 0) is 11.2 Å². The fourth-order valence-corrected chi connectivity index (χ4v) is 5.26. The van der Waals surface area contributed by atoms with Gasteiger partial charge in [-0.3, -0.25) is 4.79 Å². The maximum atomic E-state index is 12.7. The molecule has 2 heterocycles. The number of nitrogens with zero attached hydrogens (tertiary/aromatic N) is 3. The van der Waals surface area contributed by atoms with Gasteiger partial charge in [0.15, 0.2) is 0 Å². The van der Waals surface area contributed by atoms with E-state index in [1.54, 1.807) is 18.4 Å². The van der Waals surface area contributed by atoms with Crippen molar-refractivity contribution in [1.82, 2.24) is 15.3 Å². The molecule has 1 aromatic carbocycles. The van der Waals surface area contributed by atoms with E-state index < -0.39 is 0 Å². The number of nitrogens with one attached hydrogen (secondary N) is 2. The highest BCUT2D eigenvalue weighted by atomic mass is 32.1. The van der Waals surface area contributed by atoms with E-state index in [0.717, 1.165) is 66.7 Å². The van der Waals surface area contributed by atoms with Gasteiger partial charge in [0.05, 0.1) is 10.4 Å². The summed E-state index contributed by atoms with van der Waals surface area (Å²) in [6.45, 7) is 0.747. The second-order valence-corrected chi connectivity index (χ2v) is 9.98. The molecule has 1 aliphatic carbocycles. The third kappa shape index (κ3) is 6.00. The number of benzene rings is 1. The van der Waals surface area contributed by atoms with Crippen molar-refractivity contribution < 1.29 is 9.53 Å². The van der Waals surface area contributed by atoms with Crippen molar-refractivity contribution in [3.8, 4) is 0 Å². The molecule has 176 valence electrons. The SMILES string of the molecule is COCCCc1ccc(C(=O)NC2CCC(Nc3nc(N(C)C)c4ccccc4n3)CC2)s1. The third-order valence-electron chi connectivity index (χ3n) is 6.06. The number of amides is 1. The van der Waals surface area contributed by atoms with Crippen LogP contribution in [0.5, 0.6) is 0 Å². The monoisotopic (exact) mass is 467 g/mol. The number of carbonyl (C=O) groups is 1. The summed E-state index contributed by atoms with van der Waals surface area (Å²) >= 11 is 1.59. The summed E-state index contributed by atoms with van der Waals surface area (Å²) in [5.41, 5.74) is 0.942. The van der Waals surface area contributed by atoms with E-state index >= 15 is 0 Å². The van der Waals surface area contributed by atoms with Gasteiger partial charge in [0.25, 0.3) is 5.91 Å². The van der Waals surface area contributed by atoms with Gasteiger partial charge in [0.2, 0.25) is 5.95 Å². The molecule has 2 N–H and O–H groups in total. The highest BCUT2D eigenvalue weighted by Gasteiger charge is 2.24. The third-order valence-corrected chi connectivity index (χ3v) is 7.20. The van der Waals surface area contributed by atoms with Crippen LogP contribution in [-0.4, -0.2) is 55.8 Å². The first-order valence-corrected chi connectivity index (χ1v) is 12.4. The van der Waals surface area contributed by atoms with Crippen molar-refractivity contribution in [3.63, 3.8) is 0 Å². The standard InChI is InChI=1S/C25H33N5O2S/c1-30(2)23-20-8-4-5-9-21(20)28-25(29-23)27-18-12-10-17(11-13-18)26-24(31)22-15-14-19(33-22)7-6-16-32-3/h4-5,8-9,14-15,17-18H,6-7,10-13,16H2,1-3H3,(H,26,31)(H,27,28,29). The van der Waals surface area contributed by atoms with Crippen LogP contribution in [0.25, 0.3) is 10.9 Å². The second kappa shape index (κ2) is 10.9.